The van der Waals surface area contributed by atoms with Crippen LogP contribution in [0, 0.1) is 0 Å². The second-order valence-corrected chi connectivity index (χ2v) is 7.06. The van der Waals surface area contributed by atoms with E-state index in [0.717, 1.165) is 11.4 Å². The average molecular weight is 428 g/mol. The van der Waals surface area contributed by atoms with Gasteiger partial charge >= 0.3 is 5.97 Å². The van der Waals surface area contributed by atoms with E-state index in [1.165, 1.54) is 24.6 Å². The van der Waals surface area contributed by atoms with Crippen molar-refractivity contribution in [3.63, 3.8) is 0 Å². The largest absolute Gasteiger partial charge is 0.507 e. The lowest BCUT2D eigenvalue weighted by Crippen LogP contribution is -2.08. The van der Waals surface area contributed by atoms with Gasteiger partial charge in [0.15, 0.2) is 0 Å². The molecule has 1 heterocycles. The summed E-state index contributed by atoms with van der Waals surface area (Å²) in [5.74, 6) is -0.118. The van der Waals surface area contributed by atoms with Gasteiger partial charge in [-0.3, -0.25) is 0 Å². The second kappa shape index (κ2) is 9.13. The molecule has 3 aromatic carbocycles. The van der Waals surface area contributed by atoms with E-state index >= 15 is 0 Å². The number of azo groups is 1. The Labute approximate surface area is 184 Å². The zero-order chi connectivity index (χ0) is 22.5. The van der Waals surface area contributed by atoms with E-state index in [-0.39, 0.29) is 17.2 Å². The summed E-state index contributed by atoms with van der Waals surface area (Å²) >= 11 is 0. The molecule has 8 nitrogen and oxygen atoms in total. The molecule has 0 spiro atoms. The molecule has 0 aliphatic rings. The summed E-state index contributed by atoms with van der Waals surface area (Å²) in [5, 5.41) is 18.6. The van der Waals surface area contributed by atoms with Gasteiger partial charge in [0.25, 0.3) is 0 Å². The van der Waals surface area contributed by atoms with Crippen molar-refractivity contribution in [2.45, 2.75) is 0 Å². The van der Waals surface area contributed by atoms with Crippen molar-refractivity contribution in [3.8, 4) is 23.0 Å². The molecule has 0 fully saturated rings. The smallest absolute Gasteiger partial charge is 0.343 e. The number of aromatic nitrogens is 1. The lowest BCUT2D eigenvalue weighted by Gasteiger charge is -2.11. The van der Waals surface area contributed by atoms with Crippen molar-refractivity contribution in [2.24, 2.45) is 10.2 Å². The molecule has 0 bridgehead atoms. The summed E-state index contributed by atoms with van der Waals surface area (Å²) in [6.45, 7) is 0. The van der Waals surface area contributed by atoms with Crippen LogP contribution >= 0.6 is 0 Å². The summed E-state index contributed by atoms with van der Waals surface area (Å²) in [4.78, 5) is 18.4. The zero-order valence-electron chi connectivity index (χ0n) is 17.5. The molecular formula is C24H20N4O4. The maximum atomic E-state index is 12.4. The van der Waals surface area contributed by atoms with E-state index in [1.54, 1.807) is 30.3 Å². The number of nitrogens with zero attached hydrogens (tertiary/aromatic N) is 4. The highest BCUT2D eigenvalue weighted by Crippen LogP contribution is 2.29. The molecule has 0 atom stereocenters. The predicted molar refractivity (Wildman–Crippen MR) is 120 cm³/mol. The van der Waals surface area contributed by atoms with Gasteiger partial charge < -0.3 is 19.2 Å². The summed E-state index contributed by atoms with van der Waals surface area (Å²) < 4.78 is 10.5. The molecule has 0 aliphatic carbocycles. The number of anilines is 1. The van der Waals surface area contributed by atoms with Crippen LogP contribution < -0.4 is 9.64 Å². The average Bonchev–Trinajstić information content (AvgIpc) is 3.33. The second-order valence-electron chi connectivity index (χ2n) is 7.06. The lowest BCUT2D eigenvalue weighted by atomic mass is 10.1. The molecule has 0 unspecified atom stereocenters. The van der Waals surface area contributed by atoms with Crippen molar-refractivity contribution >= 4 is 23.0 Å². The monoisotopic (exact) mass is 428 g/mol. The van der Waals surface area contributed by atoms with Gasteiger partial charge in [0, 0.05) is 19.8 Å². The molecule has 8 heteroatoms. The third kappa shape index (κ3) is 4.81. The highest BCUT2D eigenvalue weighted by Gasteiger charge is 2.14. The third-order valence-electron chi connectivity index (χ3n) is 4.59. The number of hydrogen-bond donors (Lipinski definition) is 1. The van der Waals surface area contributed by atoms with Gasteiger partial charge in [-0.1, -0.05) is 0 Å². The van der Waals surface area contributed by atoms with Gasteiger partial charge in [0.1, 0.15) is 17.8 Å². The summed E-state index contributed by atoms with van der Waals surface area (Å²) in [5.41, 5.74) is 3.02. The van der Waals surface area contributed by atoms with Gasteiger partial charge in [0.05, 0.1) is 28.7 Å². The highest BCUT2D eigenvalue weighted by atomic mass is 16.5. The zero-order valence-corrected chi connectivity index (χ0v) is 17.5. The number of phenolic OH excluding ortho intramolecular Hbond substituents is 1. The fraction of sp³-hybridized carbons (Fsp3) is 0.0833. The quantitative estimate of drug-likeness (QED) is 0.238. The minimum Gasteiger partial charge on any atom is -0.507 e. The first-order valence-corrected chi connectivity index (χ1v) is 9.74. The summed E-state index contributed by atoms with van der Waals surface area (Å²) in [7, 11) is 3.95. The van der Waals surface area contributed by atoms with E-state index in [0.29, 0.717) is 17.0 Å². The van der Waals surface area contributed by atoms with Crippen LogP contribution in [0.1, 0.15) is 10.4 Å². The molecule has 160 valence electrons. The Morgan fingerprint density at radius 3 is 2.19 bits per heavy atom. The minimum atomic E-state index is -0.602. The molecule has 0 radical (unpaired) electrons. The van der Waals surface area contributed by atoms with E-state index < -0.39 is 5.97 Å². The van der Waals surface area contributed by atoms with Crippen molar-refractivity contribution < 1.29 is 19.1 Å². The van der Waals surface area contributed by atoms with Gasteiger partial charge in [-0.15, -0.1) is 0 Å². The lowest BCUT2D eigenvalue weighted by molar-refractivity contribution is 0.0734. The number of rotatable bonds is 6. The number of aromatic hydroxyl groups is 1. The number of phenols is 1. The van der Waals surface area contributed by atoms with Crippen LogP contribution in [0.5, 0.6) is 11.5 Å². The fourth-order valence-corrected chi connectivity index (χ4v) is 2.88. The minimum absolute atomic E-state index is 0.128. The summed E-state index contributed by atoms with van der Waals surface area (Å²) in [6, 6.07) is 18.7. The van der Waals surface area contributed by atoms with Crippen LogP contribution in [-0.4, -0.2) is 30.2 Å². The van der Waals surface area contributed by atoms with Crippen LogP contribution in [0.25, 0.3) is 11.5 Å². The normalized spacial score (nSPS) is 10.9. The third-order valence-corrected chi connectivity index (χ3v) is 4.59. The Morgan fingerprint density at radius 2 is 1.62 bits per heavy atom. The Hall–Kier alpha value is -4.46. The molecule has 1 N–H and O–H groups in total. The van der Waals surface area contributed by atoms with Gasteiger partial charge in [-0.25, -0.2) is 9.78 Å². The number of ether oxygens (including phenoxy) is 1. The van der Waals surface area contributed by atoms with Crippen LogP contribution in [0.4, 0.5) is 17.1 Å². The molecular weight excluding hydrogens is 408 g/mol. The number of esters is 1. The Kier molecular flexibility index (Phi) is 5.94. The first kappa shape index (κ1) is 20.8. The van der Waals surface area contributed by atoms with Crippen LogP contribution in [0.15, 0.2) is 93.8 Å². The standard InChI is InChI=1S/C24H20N4O4/c1-28(2)19-8-4-17(5-9-19)26-27-18-6-10-20(11-7-18)32-24(30)16-3-12-21(22(29)15-16)23-25-13-14-31-23/h3-15,29H,1-2H3. The van der Waals surface area contributed by atoms with Crippen molar-refractivity contribution in [1.82, 2.24) is 4.98 Å². The Morgan fingerprint density at radius 1 is 0.969 bits per heavy atom. The maximum Gasteiger partial charge on any atom is 0.343 e. The molecule has 32 heavy (non-hydrogen) atoms. The van der Waals surface area contributed by atoms with Crippen molar-refractivity contribution in [2.75, 3.05) is 19.0 Å². The first-order chi connectivity index (χ1) is 15.5. The highest BCUT2D eigenvalue weighted by molar-refractivity contribution is 5.92. The molecule has 4 aromatic rings. The van der Waals surface area contributed by atoms with Gasteiger partial charge in [-0.05, 0) is 66.7 Å². The molecule has 1 aromatic heterocycles. The molecule has 4 rings (SSSR count). The number of benzene rings is 3. The van der Waals surface area contributed by atoms with Crippen LogP contribution in [0.2, 0.25) is 0 Å². The maximum absolute atomic E-state index is 12.4. The number of carbonyl (C=O) groups is 1. The molecule has 0 amide bonds. The number of carbonyl (C=O) groups excluding carboxylic acids is 1. The van der Waals surface area contributed by atoms with Gasteiger partial charge in [-0.2, -0.15) is 10.2 Å². The van der Waals surface area contributed by atoms with E-state index in [2.05, 4.69) is 15.2 Å². The number of hydrogen-bond acceptors (Lipinski definition) is 8. The van der Waals surface area contributed by atoms with Crippen LogP contribution in [0.3, 0.4) is 0 Å². The molecule has 0 saturated carbocycles. The first-order valence-electron chi connectivity index (χ1n) is 9.74. The van der Waals surface area contributed by atoms with Crippen molar-refractivity contribution in [1.29, 1.82) is 0 Å². The Balaban J connectivity index is 1.40. The van der Waals surface area contributed by atoms with Crippen LogP contribution in [-0.2, 0) is 0 Å². The van der Waals surface area contributed by atoms with E-state index in [4.69, 9.17) is 9.15 Å². The fourth-order valence-electron chi connectivity index (χ4n) is 2.88. The van der Waals surface area contributed by atoms with Gasteiger partial charge in [0.2, 0.25) is 5.89 Å². The summed E-state index contributed by atoms with van der Waals surface area (Å²) in [6.07, 6.45) is 2.88. The molecule has 0 aliphatic heterocycles. The van der Waals surface area contributed by atoms with E-state index in [9.17, 15) is 9.90 Å². The predicted octanol–water partition coefficient (Wildman–Crippen LogP) is 5.75. The molecule has 0 saturated heterocycles. The number of oxazole rings is 1. The topological polar surface area (TPSA) is 101 Å². The van der Waals surface area contributed by atoms with E-state index in [1.807, 2.05) is 43.3 Å². The SMILES string of the molecule is CN(C)c1ccc(N=Nc2ccc(OC(=O)c3ccc(-c4ncco4)c(O)c3)cc2)cc1. The Bertz CT molecular complexity index is 1230. The van der Waals surface area contributed by atoms with Crippen molar-refractivity contribution in [3.05, 3.63) is 84.8 Å².